The van der Waals surface area contributed by atoms with E-state index in [1.807, 2.05) is 12.1 Å². The molecule has 16 atom stereocenters. The number of nitrogen functional groups attached to an aromatic ring is 3. The number of aliphatic hydroxyl groups excluding tert-OH is 8. The highest BCUT2D eigenvalue weighted by Gasteiger charge is 2.63. The minimum absolute atomic E-state index is 0.0171. The average Bonchev–Trinajstić information content (AvgIpc) is 1.62. The lowest BCUT2D eigenvalue weighted by atomic mass is 9.97. The van der Waals surface area contributed by atoms with E-state index in [9.17, 15) is 74.5 Å². The van der Waals surface area contributed by atoms with Crippen LogP contribution in [0.4, 0.5) is 26.5 Å². The van der Waals surface area contributed by atoms with Gasteiger partial charge in [-0.3, -0.25) is 51.4 Å². The summed E-state index contributed by atoms with van der Waals surface area (Å²) in [7, 11) is 0. The third-order valence-electron chi connectivity index (χ3n) is 15.2. The molecule has 492 valence electrons. The molecule has 4 aliphatic rings. The van der Waals surface area contributed by atoms with E-state index in [-0.39, 0.29) is 51.2 Å². The number of nitriles is 2. The number of alkyl halides is 2. The number of hydrogen-bond acceptors (Lipinski definition) is 37. The van der Waals surface area contributed by atoms with Crippen LogP contribution in [0.1, 0.15) is 24.9 Å². The van der Waals surface area contributed by atoms with Crippen molar-refractivity contribution in [3.63, 3.8) is 0 Å². The zero-order valence-corrected chi connectivity index (χ0v) is 47.3. The molecule has 48 nitrogen and oxygen atoms in total. The van der Waals surface area contributed by atoms with Crippen LogP contribution < -0.4 is 53.5 Å². The number of aromatic amines is 3. The molecular formula is C44H51F2N33O15+4. The van der Waals surface area contributed by atoms with Gasteiger partial charge < -0.3 is 82.0 Å². The molecule has 0 spiro atoms. The molecule has 50 heteroatoms. The van der Waals surface area contributed by atoms with E-state index in [1.54, 1.807) is 0 Å². The van der Waals surface area contributed by atoms with Gasteiger partial charge in [0.1, 0.15) is 109 Å². The first kappa shape index (κ1) is 67.0. The van der Waals surface area contributed by atoms with Crippen LogP contribution in [-0.4, -0.2) is 206 Å². The molecule has 4 aliphatic heterocycles. The van der Waals surface area contributed by atoms with Gasteiger partial charge in [0.05, 0.1) is 69.0 Å². The van der Waals surface area contributed by atoms with Crippen LogP contribution in [0, 0.1) is 68.5 Å². The summed E-state index contributed by atoms with van der Waals surface area (Å²) in [4.78, 5) is 88.8. The highest BCUT2D eigenvalue weighted by atomic mass is 19.1. The molecule has 0 bridgehead atoms. The number of halogens is 2. The number of imidazole rings is 4. The Kier molecular flexibility index (Phi) is 19.1. The molecule has 0 radical (unpaired) electrons. The summed E-state index contributed by atoms with van der Waals surface area (Å²) in [5.41, 5.74) is 35.2. The highest BCUT2D eigenvalue weighted by molar-refractivity contribution is 5.81. The Morgan fingerprint density at radius 3 is 1.24 bits per heavy atom. The number of fused-ring (bicyclic) bond motifs is 4. The third-order valence-corrected chi connectivity index (χ3v) is 15.2. The lowest BCUT2D eigenvalue weighted by molar-refractivity contribution is -0.126. The van der Waals surface area contributed by atoms with Crippen molar-refractivity contribution in [3.05, 3.63) is 69.0 Å². The molecule has 4 saturated heterocycles. The van der Waals surface area contributed by atoms with E-state index in [4.69, 9.17) is 58.3 Å². The molecule has 0 aliphatic carbocycles. The van der Waals surface area contributed by atoms with E-state index >= 15 is 0 Å². The quantitative estimate of drug-likeness (QED) is 0.0356. The standard InChI is InChI=1S/C11H13FN8O4.C11H12FN7O4.C11H11N9O4.C11H12N9O3/c12-1-4-6(22)11(2-21,18-19-14)24-9(4)20-3-15-5-7(20)16-10(13)17-8(5)23;12-1-5-7(21)11(2-20,17-18-13)23-10(5)19-4-16-6-8(19)14-3-15-9(6)22;12-1-4-6(22)11(2-21,18-19-14)24-9(4)20-3-15-5-7(20)16-10(13)17-8(5)23;12-1-5-7(22)11(2-21,18-19-14)23-10(5)20-4-17-6-8(13)15-3-16-9(6)20/h3-4,6,9,14,21-22H,1-2H2,(H2-,13,16,17,23);3-5,7,10,13,20-21H,1-2H2;3-4,6,9,14,21-22H,2H2,(H2-,13,16,17,23);3-5,7,10,14,21-22H,2H2,(H2,13,15,16)/q;;;+1/p+3/t4-,6-,9+,11+;5-,7-,10+,11+;4-,6-,9+,11+;5-,7-,10+,11+/m0000/s1. The molecule has 12 heterocycles. The summed E-state index contributed by atoms with van der Waals surface area (Å²) in [6, 6.07) is 3.76. The van der Waals surface area contributed by atoms with Crippen LogP contribution in [0.25, 0.3) is 44.7 Å². The Balaban J connectivity index is 0.000000148. The summed E-state index contributed by atoms with van der Waals surface area (Å²) in [5, 5.41) is 111. The van der Waals surface area contributed by atoms with Crippen LogP contribution in [0.2, 0.25) is 0 Å². The van der Waals surface area contributed by atoms with Crippen molar-refractivity contribution in [2.24, 2.45) is 44.1 Å². The van der Waals surface area contributed by atoms with Gasteiger partial charge in [-0.25, -0.2) is 34.9 Å². The van der Waals surface area contributed by atoms with Crippen LogP contribution in [0.5, 0.6) is 0 Å². The van der Waals surface area contributed by atoms with Gasteiger partial charge in [-0.15, -0.1) is 0 Å². The Bertz CT molecular complexity index is 4640. The lowest BCUT2D eigenvalue weighted by Crippen LogP contribution is -2.43. The highest BCUT2D eigenvalue weighted by Crippen LogP contribution is 2.47. The van der Waals surface area contributed by atoms with Gasteiger partial charge >= 0.3 is 0 Å². The second-order valence-corrected chi connectivity index (χ2v) is 20.3. The van der Waals surface area contributed by atoms with Crippen molar-refractivity contribution in [1.29, 1.82) is 32.6 Å². The fraction of sp³-hybridized carbons (Fsp3) is 0.500. The summed E-state index contributed by atoms with van der Waals surface area (Å²) < 4.78 is 54.1. The van der Waals surface area contributed by atoms with Crippen LogP contribution in [0.15, 0.2) is 72.8 Å². The summed E-state index contributed by atoms with van der Waals surface area (Å²) in [6.07, 6.45) is -3.43. The number of ether oxygens (including phenoxy) is 4. The molecule has 0 saturated carbocycles. The van der Waals surface area contributed by atoms with Gasteiger partial charge in [-0.1, -0.05) is 0 Å². The van der Waals surface area contributed by atoms with Crippen molar-refractivity contribution < 1.29 is 68.6 Å². The van der Waals surface area contributed by atoms with Crippen LogP contribution >= 0.6 is 0 Å². The smallest absolute Gasteiger partial charge is 0.294 e. The lowest BCUT2D eigenvalue weighted by Gasteiger charge is -2.18. The molecule has 8 aromatic heterocycles. The van der Waals surface area contributed by atoms with Gasteiger partial charge in [0.2, 0.25) is 31.5 Å². The number of hydrogen-bond donors (Lipinski definition) is 18. The van der Waals surface area contributed by atoms with E-state index in [0.717, 1.165) is 6.33 Å². The van der Waals surface area contributed by atoms with Gasteiger partial charge in [-0.2, -0.15) is 20.5 Å². The fourth-order valence-corrected chi connectivity index (χ4v) is 10.5. The van der Waals surface area contributed by atoms with Crippen molar-refractivity contribution in [1.82, 2.24) is 97.7 Å². The molecule has 0 amide bonds. The number of nitrogens with zero attached hydrogens (tertiary/aromatic N) is 23. The normalized spacial score (nSPS) is 29.9. The predicted octanol–water partition coefficient (Wildman–Crippen LogP) is -6.10. The SMILES string of the molecule is N#C[C@@H]1[C@H](n2cnc3c(=O)[nH]c(N)nc32)O[C@@](CO)(N=[N+]=N)[C@H]1O.N#C[C@@H]1[C@H](n2cnc3c(N)ncnc32)O[C@@](CO)(N=[N+]=N)[C@H]1O.N=[N+]=N[C@]1(CO)O[C@@H](n2cnc3c(=O)[nH]c(N)nc32)[C@@H](CF)[C@@H]1O.N=[N+]=N[C@]1(CO)O[C@@H](n2cnc3c(=O)[nH]cnc32)[C@@H](CF)[C@@H]1O. The molecule has 21 N–H and O–H groups in total. The number of H-pyrrole nitrogens is 3. The molecule has 4 fully saturated rings. The zero-order chi connectivity index (χ0) is 68.2. The van der Waals surface area contributed by atoms with Gasteiger partial charge in [0.25, 0.3) is 39.6 Å². The minimum Gasteiger partial charge on any atom is -0.391 e. The maximum Gasteiger partial charge on any atom is 0.294 e. The topological polar surface area (TPSA) is 760 Å². The summed E-state index contributed by atoms with van der Waals surface area (Å²) >= 11 is 0. The number of anilines is 3. The number of aliphatic hydroxyl groups is 8. The second kappa shape index (κ2) is 26.8. The number of rotatable bonds is 14. The monoisotopic (exact) mass is 1320 g/mol. The van der Waals surface area contributed by atoms with E-state index in [2.05, 4.69) is 99.9 Å². The first-order valence-electron chi connectivity index (χ1n) is 26.5. The molecule has 12 rings (SSSR count). The Hall–Kier alpha value is -11.4. The molecule has 8 aromatic rings. The Morgan fingerprint density at radius 2 is 0.862 bits per heavy atom. The predicted molar refractivity (Wildman–Crippen MR) is 293 cm³/mol. The van der Waals surface area contributed by atoms with Gasteiger partial charge in [-0.05, 0) is 0 Å². The third kappa shape index (κ3) is 11.3. The van der Waals surface area contributed by atoms with E-state index in [0.29, 0.717) is 11.2 Å². The molecular weight excluding hydrogens is 1270 g/mol. The summed E-state index contributed by atoms with van der Waals surface area (Å²) in [5.74, 6) is -4.76. The maximum atomic E-state index is 13.5. The van der Waals surface area contributed by atoms with Gasteiger partial charge in [0.15, 0.2) is 77.9 Å². The fourth-order valence-electron chi connectivity index (χ4n) is 10.5. The molecule has 0 unspecified atom stereocenters. The van der Waals surface area contributed by atoms with Gasteiger partial charge in [0, 0.05) is 0 Å². The second-order valence-electron chi connectivity index (χ2n) is 20.3. The van der Waals surface area contributed by atoms with E-state index < -0.39 is 152 Å². The first-order chi connectivity index (χ1) is 45.1. The molecule has 0 aromatic carbocycles. The zero-order valence-electron chi connectivity index (χ0n) is 47.3. The summed E-state index contributed by atoms with van der Waals surface area (Å²) in [6.45, 7) is -5.22. The number of nitrogens with two attached hydrogens (primary N) is 3. The minimum atomic E-state index is -1.99. The Labute approximate surface area is 514 Å². The average molecular weight is 1320 g/mol. The number of nitrogens with one attached hydrogen (secondary N) is 7. The Morgan fingerprint density at radius 1 is 0.521 bits per heavy atom. The maximum absolute atomic E-state index is 13.5. The number of aromatic nitrogens is 16. The molecule has 94 heavy (non-hydrogen) atoms. The van der Waals surface area contributed by atoms with Crippen molar-refractivity contribution >= 4 is 62.4 Å². The van der Waals surface area contributed by atoms with Crippen LogP contribution in [0.3, 0.4) is 0 Å². The van der Waals surface area contributed by atoms with E-state index in [1.165, 1.54) is 49.9 Å². The van der Waals surface area contributed by atoms with Crippen molar-refractivity contribution in [2.45, 2.75) is 72.2 Å². The largest absolute Gasteiger partial charge is 0.391 e. The van der Waals surface area contributed by atoms with Crippen LogP contribution in [-0.2, 0) is 18.9 Å². The van der Waals surface area contributed by atoms with Crippen molar-refractivity contribution in [2.75, 3.05) is 57.0 Å². The first-order valence-corrected chi connectivity index (χ1v) is 26.5. The van der Waals surface area contributed by atoms with Crippen molar-refractivity contribution in [3.8, 4) is 12.1 Å².